The molecule has 0 atom stereocenters. The second-order valence-corrected chi connectivity index (χ2v) is 6.04. The third-order valence-corrected chi connectivity index (χ3v) is 3.29. The Morgan fingerprint density at radius 3 is 2.32 bits per heavy atom. The van der Waals surface area contributed by atoms with Crippen LogP contribution >= 0.6 is 0 Å². The summed E-state index contributed by atoms with van der Waals surface area (Å²) >= 11 is 0. The van der Waals surface area contributed by atoms with Crippen LogP contribution in [0.2, 0.25) is 0 Å². The van der Waals surface area contributed by atoms with E-state index in [1.54, 1.807) is 0 Å². The summed E-state index contributed by atoms with van der Waals surface area (Å²) in [5.74, 6) is 0.800. The van der Waals surface area contributed by atoms with Crippen molar-refractivity contribution in [2.24, 2.45) is 0 Å². The van der Waals surface area contributed by atoms with E-state index in [2.05, 4.69) is 0 Å². The predicted molar refractivity (Wildman–Crippen MR) is 86.6 cm³/mol. The van der Waals surface area contributed by atoms with Gasteiger partial charge >= 0.3 is 6.09 Å². The van der Waals surface area contributed by atoms with E-state index < -0.39 is 11.6 Å². The summed E-state index contributed by atoms with van der Waals surface area (Å²) in [6, 6.07) is 7.75. The fraction of sp³-hybridized carbons (Fsp3) is 0.588. The zero-order valence-electron chi connectivity index (χ0n) is 14.0. The zero-order chi connectivity index (χ0) is 16.6. The van der Waals surface area contributed by atoms with E-state index in [9.17, 15) is 9.90 Å². The first-order chi connectivity index (χ1) is 10.3. The van der Waals surface area contributed by atoms with Crippen LogP contribution in [-0.4, -0.2) is 48.0 Å². The van der Waals surface area contributed by atoms with Crippen LogP contribution in [0.15, 0.2) is 24.3 Å². The first-order valence-electron chi connectivity index (χ1n) is 7.64. The van der Waals surface area contributed by atoms with Crippen LogP contribution < -0.4 is 4.74 Å². The van der Waals surface area contributed by atoms with E-state index >= 15 is 0 Å². The largest absolute Gasteiger partial charge is 0.491 e. The Morgan fingerprint density at radius 2 is 1.82 bits per heavy atom. The molecule has 0 spiro atoms. The molecule has 5 heteroatoms. The Balaban J connectivity index is 2.48. The van der Waals surface area contributed by atoms with Crippen LogP contribution in [0.25, 0.3) is 0 Å². The van der Waals surface area contributed by atoms with Gasteiger partial charge in [-0.15, -0.1) is 0 Å². The Labute approximate surface area is 132 Å². The van der Waals surface area contributed by atoms with Crippen molar-refractivity contribution in [2.75, 3.05) is 26.4 Å². The molecule has 0 aromatic heterocycles. The van der Waals surface area contributed by atoms with Gasteiger partial charge in [-0.05, 0) is 51.8 Å². The van der Waals surface area contributed by atoms with Crippen molar-refractivity contribution in [3.8, 4) is 5.75 Å². The van der Waals surface area contributed by atoms with Gasteiger partial charge in [-0.1, -0.05) is 12.1 Å². The van der Waals surface area contributed by atoms with Crippen LogP contribution in [0.3, 0.4) is 0 Å². The number of nitrogens with zero attached hydrogens (tertiary/aromatic N) is 1. The lowest BCUT2D eigenvalue weighted by Gasteiger charge is -2.33. The van der Waals surface area contributed by atoms with Crippen LogP contribution in [-0.2, 0) is 11.2 Å². The maximum atomic E-state index is 11.3. The maximum absolute atomic E-state index is 11.3. The van der Waals surface area contributed by atoms with Crippen molar-refractivity contribution in [1.82, 2.24) is 4.90 Å². The summed E-state index contributed by atoms with van der Waals surface area (Å²) in [5.41, 5.74) is 0.696. The van der Waals surface area contributed by atoms with Gasteiger partial charge in [-0.3, -0.25) is 0 Å². The lowest BCUT2D eigenvalue weighted by atomic mass is 10.1. The van der Waals surface area contributed by atoms with Gasteiger partial charge in [0, 0.05) is 18.7 Å². The molecular weight excluding hydrogens is 282 g/mol. The monoisotopic (exact) mass is 309 g/mol. The fourth-order valence-corrected chi connectivity index (χ4v) is 2.07. The van der Waals surface area contributed by atoms with Gasteiger partial charge in [0.2, 0.25) is 0 Å². The van der Waals surface area contributed by atoms with Crippen LogP contribution in [0.1, 0.15) is 33.3 Å². The Morgan fingerprint density at radius 1 is 1.18 bits per heavy atom. The Hall–Kier alpha value is -1.75. The van der Waals surface area contributed by atoms with Gasteiger partial charge in [0.25, 0.3) is 0 Å². The molecule has 0 saturated heterocycles. The van der Waals surface area contributed by atoms with Gasteiger partial charge in [0.05, 0.1) is 6.61 Å². The molecule has 1 rings (SSSR count). The summed E-state index contributed by atoms with van der Waals surface area (Å²) in [4.78, 5) is 12.7. The van der Waals surface area contributed by atoms with E-state index in [0.29, 0.717) is 32.8 Å². The first kappa shape index (κ1) is 18.3. The predicted octanol–water partition coefficient (Wildman–Crippen LogP) is 3.42. The quantitative estimate of drug-likeness (QED) is 0.748. The molecule has 0 fully saturated rings. The van der Waals surface area contributed by atoms with E-state index in [1.807, 2.05) is 52.0 Å². The van der Waals surface area contributed by atoms with Crippen molar-refractivity contribution >= 4 is 6.09 Å². The molecule has 1 aromatic carbocycles. The topological polar surface area (TPSA) is 59.0 Å². The third kappa shape index (κ3) is 6.35. The standard InChI is InChI=1S/C17H27NO4/c1-5-21-12-13-22-15-8-6-14(7-9-15)10-11-18(16(19)20)17(2,3)4/h6-9H,5,10-13H2,1-4H3,(H,19,20). The summed E-state index contributed by atoms with van der Waals surface area (Å²) in [6.45, 7) is 9.93. The highest BCUT2D eigenvalue weighted by Crippen LogP contribution is 2.16. The molecule has 5 nitrogen and oxygen atoms in total. The molecule has 0 aliphatic rings. The average molecular weight is 309 g/mol. The number of ether oxygens (including phenoxy) is 2. The molecule has 0 aliphatic carbocycles. The number of hydrogen-bond donors (Lipinski definition) is 1. The highest BCUT2D eigenvalue weighted by molar-refractivity contribution is 5.66. The first-order valence-corrected chi connectivity index (χ1v) is 7.64. The summed E-state index contributed by atoms with van der Waals surface area (Å²) in [6.07, 6.45) is -0.202. The molecule has 0 radical (unpaired) electrons. The van der Waals surface area contributed by atoms with Crippen LogP contribution in [0, 0.1) is 0 Å². The number of hydrogen-bond acceptors (Lipinski definition) is 3. The SMILES string of the molecule is CCOCCOc1ccc(CCN(C(=O)O)C(C)(C)C)cc1. The summed E-state index contributed by atoms with van der Waals surface area (Å²) in [5, 5.41) is 9.27. The number of rotatable bonds is 8. The highest BCUT2D eigenvalue weighted by atomic mass is 16.5. The van der Waals surface area contributed by atoms with Gasteiger partial charge < -0.3 is 19.5 Å². The summed E-state index contributed by atoms with van der Waals surface area (Å²) in [7, 11) is 0. The maximum Gasteiger partial charge on any atom is 0.407 e. The zero-order valence-corrected chi connectivity index (χ0v) is 14.0. The Kier molecular flexibility index (Phi) is 7.18. The number of carboxylic acid groups (broad SMARTS) is 1. The second-order valence-electron chi connectivity index (χ2n) is 6.04. The van der Waals surface area contributed by atoms with E-state index in [-0.39, 0.29) is 0 Å². The smallest absolute Gasteiger partial charge is 0.407 e. The lowest BCUT2D eigenvalue weighted by molar-refractivity contribution is 0.101. The third-order valence-electron chi connectivity index (χ3n) is 3.29. The van der Waals surface area contributed by atoms with Crippen molar-refractivity contribution in [1.29, 1.82) is 0 Å². The molecule has 1 aromatic rings. The molecule has 124 valence electrons. The number of benzene rings is 1. The van der Waals surface area contributed by atoms with E-state index in [4.69, 9.17) is 9.47 Å². The molecule has 0 saturated carbocycles. The normalized spacial score (nSPS) is 11.3. The number of carbonyl (C=O) groups is 1. The van der Waals surface area contributed by atoms with Gasteiger partial charge in [-0.25, -0.2) is 4.79 Å². The van der Waals surface area contributed by atoms with E-state index in [0.717, 1.165) is 11.3 Å². The molecular formula is C17H27NO4. The fourth-order valence-electron chi connectivity index (χ4n) is 2.07. The molecule has 22 heavy (non-hydrogen) atoms. The molecule has 0 unspecified atom stereocenters. The van der Waals surface area contributed by atoms with Gasteiger partial charge in [0.1, 0.15) is 12.4 Å². The molecule has 1 N–H and O–H groups in total. The number of amides is 1. The van der Waals surface area contributed by atoms with Crippen molar-refractivity contribution in [3.63, 3.8) is 0 Å². The van der Waals surface area contributed by atoms with Crippen molar-refractivity contribution < 1.29 is 19.4 Å². The molecule has 0 heterocycles. The van der Waals surface area contributed by atoms with E-state index in [1.165, 1.54) is 4.90 Å². The lowest BCUT2D eigenvalue weighted by Crippen LogP contribution is -2.45. The minimum atomic E-state index is -0.886. The Bertz CT molecular complexity index is 451. The molecule has 0 aliphatic heterocycles. The van der Waals surface area contributed by atoms with Crippen LogP contribution in [0.5, 0.6) is 5.75 Å². The minimum absolute atomic E-state index is 0.395. The van der Waals surface area contributed by atoms with Gasteiger partial charge in [-0.2, -0.15) is 0 Å². The molecule has 1 amide bonds. The average Bonchev–Trinajstić information content (AvgIpc) is 2.43. The molecule has 0 bridgehead atoms. The van der Waals surface area contributed by atoms with Crippen LogP contribution in [0.4, 0.5) is 4.79 Å². The second kappa shape index (κ2) is 8.63. The highest BCUT2D eigenvalue weighted by Gasteiger charge is 2.25. The summed E-state index contributed by atoms with van der Waals surface area (Å²) < 4.78 is 10.8. The minimum Gasteiger partial charge on any atom is -0.491 e. The van der Waals surface area contributed by atoms with Gasteiger partial charge in [0.15, 0.2) is 0 Å². The van der Waals surface area contributed by atoms with Crippen molar-refractivity contribution in [3.05, 3.63) is 29.8 Å². The van der Waals surface area contributed by atoms with Crippen molar-refractivity contribution in [2.45, 2.75) is 39.7 Å².